The van der Waals surface area contributed by atoms with Crippen molar-refractivity contribution in [1.82, 2.24) is 24.7 Å². The Hall–Kier alpha value is -2.26. The molecule has 4 rings (SSSR count). The SMILES string of the molecule is CC(=O)N1CCN(CCNC(=O)c2sc3nc4n(c(=O)c3c2C)CCCCC4)CC1. The topological polar surface area (TPSA) is 87.5 Å². The molecule has 0 bridgehead atoms. The Morgan fingerprint density at radius 1 is 1.10 bits per heavy atom. The number of carbonyl (C=O) groups is 2. The number of piperazine rings is 1. The number of nitrogens with zero attached hydrogens (tertiary/aromatic N) is 4. The molecule has 2 aromatic heterocycles. The summed E-state index contributed by atoms with van der Waals surface area (Å²) in [7, 11) is 0. The van der Waals surface area contributed by atoms with Crippen molar-refractivity contribution < 1.29 is 9.59 Å². The Labute approximate surface area is 179 Å². The van der Waals surface area contributed by atoms with Crippen LogP contribution in [0, 0.1) is 6.92 Å². The predicted molar refractivity (Wildman–Crippen MR) is 117 cm³/mol. The van der Waals surface area contributed by atoms with E-state index in [0.717, 1.165) is 69.8 Å². The van der Waals surface area contributed by atoms with Gasteiger partial charge in [0.25, 0.3) is 11.5 Å². The molecule has 4 heterocycles. The number of hydrogen-bond acceptors (Lipinski definition) is 6. The van der Waals surface area contributed by atoms with Gasteiger partial charge in [-0.2, -0.15) is 0 Å². The van der Waals surface area contributed by atoms with E-state index in [1.165, 1.54) is 11.3 Å². The van der Waals surface area contributed by atoms with Crippen molar-refractivity contribution in [1.29, 1.82) is 0 Å². The summed E-state index contributed by atoms with van der Waals surface area (Å²) in [5.41, 5.74) is 0.729. The third kappa shape index (κ3) is 4.13. The normalized spacial score (nSPS) is 17.6. The molecule has 1 N–H and O–H groups in total. The van der Waals surface area contributed by atoms with Crippen LogP contribution in [0.15, 0.2) is 4.79 Å². The molecule has 162 valence electrons. The molecule has 2 aromatic rings. The number of hydrogen-bond donors (Lipinski definition) is 1. The molecule has 0 aliphatic carbocycles. The summed E-state index contributed by atoms with van der Waals surface area (Å²) >= 11 is 1.32. The largest absolute Gasteiger partial charge is 0.350 e. The highest BCUT2D eigenvalue weighted by molar-refractivity contribution is 7.20. The van der Waals surface area contributed by atoms with E-state index in [2.05, 4.69) is 10.2 Å². The van der Waals surface area contributed by atoms with E-state index in [1.54, 1.807) is 11.5 Å². The zero-order chi connectivity index (χ0) is 21.3. The lowest BCUT2D eigenvalue weighted by molar-refractivity contribution is -0.130. The maximum atomic E-state index is 13.0. The molecule has 0 unspecified atom stereocenters. The van der Waals surface area contributed by atoms with Crippen molar-refractivity contribution in [3.8, 4) is 0 Å². The van der Waals surface area contributed by atoms with Crippen LogP contribution < -0.4 is 10.9 Å². The summed E-state index contributed by atoms with van der Waals surface area (Å²) in [6, 6.07) is 0. The Morgan fingerprint density at radius 2 is 1.87 bits per heavy atom. The molecular formula is C21H29N5O3S. The van der Waals surface area contributed by atoms with Crippen LogP contribution in [-0.2, 0) is 17.8 Å². The molecule has 0 atom stereocenters. The third-order valence-electron chi connectivity index (χ3n) is 6.15. The third-order valence-corrected chi connectivity index (χ3v) is 7.33. The van der Waals surface area contributed by atoms with Crippen molar-refractivity contribution in [2.24, 2.45) is 0 Å². The molecule has 0 aromatic carbocycles. The number of carbonyl (C=O) groups excluding carboxylic acids is 2. The van der Waals surface area contributed by atoms with Crippen LogP contribution in [0.4, 0.5) is 0 Å². The molecule has 30 heavy (non-hydrogen) atoms. The maximum Gasteiger partial charge on any atom is 0.262 e. The maximum absolute atomic E-state index is 13.0. The second-order valence-corrected chi connectivity index (χ2v) is 9.13. The Balaban J connectivity index is 1.43. The Morgan fingerprint density at radius 3 is 2.60 bits per heavy atom. The van der Waals surface area contributed by atoms with E-state index in [0.29, 0.717) is 28.2 Å². The predicted octanol–water partition coefficient (Wildman–Crippen LogP) is 1.39. The first-order chi connectivity index (χ1) is 14.5. The minimum atomic E-state index is -0.141. The van der Waals surface area contributed by atoms with Crippen LogP contribution in [0.3, 0.4) is 0 Å². The van der Waals surface area contributed by atoms with E-state index < -0.39 is 0 Å². The van der Waals surface area contributed by atoms with Crippen LogP contribution in [-0.4, -0.2) is 70.4 Å². The first kappa shape index (κ1) is 21.0. The monoisotopic (exact) mass is 431 g/mol. The van der Waals surface area contributed by atoms with E-state index >= 15 is 0 Å². The van der Waals surface area contributed by atoms with Crippen LogP contribution in [0.2, 0.25) is 0 Å². The highest BCUT2D eigenvalue weighted by Gasteiger charge is 2.23. The highest BCUT2D eigenvalue weighted by atomic mass is 32.1. The lowest BCUT2D eigenvalue weighted by Gasteiger charge is -2.34. The van der Waals surface area contributed by atoms with Crippen molar-refractivity contribution >= 4 is 33.4 Å². The van der Waals surface area contributed by atoms with Gasteiger partial charge in [0.2, 0.25) is 5.91 Å². The number of rotatable bonds is 4. The van der Waals surface area contributed by atoms with Gasteiger partial charge < -0.3 is 10.2 Å². The molecule has 0 spiro atoms. The number of aromatic nitrogens is 2. The lowest BCUT2D eigenvalue weighted by atomic mass is 10.2. The number of nitrogens with one attached hydrogen (secondary N) is 1. The Bertz CT molecular complexity index is 1020. The molecule has 1 fully saturated rings. The summed E-state index contributed by atoms with van der Waals surface area (Å²) in [6.07, 6.45) is 3.99. The van der Waals surface area contributed by atoms with Crippen molar-refractivity contribution in [2.45, 2.75) is 46.1 Å². The molecule has 1 saturated heterocycles. The van der Waals surface area contributed by atoms with E-state index in [-0.39, 0.29) is 17.4 Å². The van der Waals surface area contributed by atoms with Crippen LogP contribution in [0.5, 0.6) is 0 Å². The molecule has 0 radical (unpaired) electrons. The fourth-order valence-electron chi connectivity index (χ4n) is 4.32. The summed E-state index contributed by atoms with van der Waals surface area (Å²) in [6.45, 7) is 8.56. The van der Waals surface area contributed by atoms with Gasteiger partial charge in [0.15, 0.2) is 0 Å². The van der Waals surface area contributed by atoms with Crippen LogP contribution >= 0.6 is 11.3 Å². The van der Waals surface area contributed by atoms with Gasteiger partial charge in [-0.3, -0.25) is 23.9 Å². The van der Waals surface area contributed by atoms with Gasteiger partial charge in [-0.25, -0.2) is 4.98 Å². The molecular weight excluding hydrogens is 402 g/mol. The van der Waals surface area contributed by atoms with Gasteiger partial charge in [-0.1, -0.05) is 6.42 Å². The second-order valence-electron chi connectivity index (χ2n) is 8.14. The molecule has 2 aliphatic rings. The van der Waals surface area contributed by atoms with E-state index in [4.69, 9.17) is 4.98 Å². The van der Waals surface area contributed by atoms with E-state index in [9.17, 15) is 14.4 Å². The highest BCUT2D eigenvalue weighted by Crippen LogP contribution is 2.28. The van der Waals surface area contributed by atoms with Crippen molar-refractivity contribution in [2.75, 3.05) is 39.3 Å². The van der Waals surface area contributed by atoms with Gasteiger partial charge in [0, 0.05) is 59.2 Å². The molecule has 8 nitrogen and oxygen atoms in total. The second kappa shape index (κ2) is 8.85. The summed E-state index contributed by atoms with van der Waals surface area (Å²) < 4.78 is 1.80. The number of thiophene rings is 1. The van der Waals surface area contributed by atoms with Gasteiger partial charge in [-0.05, 0) is 25.3 Å². The number of amides is 2. The van der Waals surface area contributed by atoms with Crippen molar-refractivity contribution in [3.05, 3.63) is 26.6 Å². The van der Waals surface area contributed by atoms with Gasteiger partial charge in [0.05, 0.1) is 10.3 Å². The van der Waals surface area contributed by atoms with Gasteiger partial charge in [-0.15, -0.1) is 11.3 Å². The first-order valence-electron chi connectivity index (χ1n) is 10.7. The van der Waals surface area contributed by atoms with Gasteiger partial charge in [0.1, 0.15) is 10.7 Å². The fourth-order valence-corrected chi connectivity index (χ4v) is 5.43. The number of fused-ring (bicyclic) bond motifs is 2. The summed E-state index contributed by atoms with van der Waals surface area (Å²) in [4.78, 5) is 47.4. The molecule has 0 saturated carbocycles. The minimum Gasteiger partial charge on any atom is -0.350 e. The zero-order valence-corrected chi connectivity index (χ0v) is 18.5. The average molecular weight is 432 g/mol. The summed E-state index contributed by atoms with van der Waals surface area (Å²) in [5, 5.41) is 3.59. The molecule has 2 amide bonds. The molecule has 2 aliphatic heterocycles. The van der Waals surface area contributed by atoms with Crippen molar-refractivity contribution in [3.63, 3.8) is 0 Å². The standard InChI is InChI=1S/C21H29N5O3S/c1-14-17-20(23-16-6-4-3-5-8-26(16)21(17)29)30-18(14)19(28)22-7-9-24-10-12-25(13-11-24)15(2)27/h3-13H2,1-2H3,(H,22,28). The Kier molecular flexibility index (Phi) is 6.19. The number of aryl methyl sites for hydroxylation is 2. The quantitative estimate of drug-likeness (QED) is 0.790. The zero-order valence-electron chi connectivity index (χ0n) is 17.7. The van der Waals surface area contributed by atoms with Gasteiger partial charge >= 0.3 is 0 Å². The molecule has 9 heteroatoms. The first-order valence-corrected chi connectivity index (χ1v) is 11.6. The summed E-state index contributed by atoms with van der Waals surface area (Å²) in [5.74, 6) is 0.824. The van der Waals surface area contributed by atoms with Crippen LogP contribution in [0.25, 0.3) is 10.2 Å². The van der Waals surface area contributed by atoms with Crippen LogP contribution in [0.1, 0.15) is 47.2 Å². The minimum absolute atomic E-state index is 0.00644. The van der Waals surface area contributed by atoms with E-state index in [1.807, 2.05) is 11.8 Å². The smallest absolute Gasteiger partial charge is 0.262 e. The lowest BCUT2D eigenvalue weighted by Crippen LogP contribution is -2.49. The fraction of sp³-hybridized carbons (Fsp3) is 0.619. The average Bonchev–Trinajstić information content (AvgIpc) is 2.89.